The van der Waals surface area contributed by atoms with Crippen LogP contribution in [0, 0.1) is 0 Å². The highest BCUT2D eigenvalue weighted by Crippen LogP contribution is 1.90. The van der Waals surface area contributed by atoms with Gasteiger partial charge < -0.3 is 10.1 Å². The van der Waals surface area contributed by atoms with Crippen LogP contribution in [0.1, 0.15) is 12.1 Å². The molecule has 86 valence electrons. The third-order valence-electron chi connectivity index (χ3n) is 1.82. The van der Waals surface area contributed by atoms with Crippen molar-refractivity contribution in [2.45, 2.75) is 13.0 Å². The van der Waals surface area contributed by atoms with E-state index in [1.165, 1.54) is 0 Å². The summed E-state index contributed by atoms with van der Waals surface area (Å²) in [5, 5.41) is 11.1. The molecule has 0 spiro atoms. The molecule has 5 nitrogen and oxygen atoms in total. The summed E-state index contributed by atoms with van der Waals surface area (Å²) in [6.07, 6.45) is 2.88. The number of nitrogens with one attached hydrogen (secondary N) is 1. The summed E-state index contributed by atoms with van der Waals surface area (Å²) < 4.78 is 6.93. The van der Waals surface area contributed by atoms with E-state index in [9.17, 15) is 0 Å². The molecule has 0 radical (unpaired) electrons. The Morgan fingerprint density at radius 3 is 3.07 bits per heavy atom. The average Bonchev–Trinajstić information content (AvgIpc) is 2.63. The van der Waals surface area contributed by atoms with Crippen molar-refractivity contribution in [2.24, 2.45) is 7.05 Å². The zero-order valence-corrected chi connectivity index (χ0v) is 9.70. The minimum Gasteiger partial charge on any atom is -0.380 e. The predicted octanol–water partition coefficient (Wildman–Crippen LogP) is 0.550. The molecule has 0 amide bonds. The van der Waals surface area contributed by atoms with Gasteiger partial charge in [-0.1, -0.05) is 5.21 Å². The van der Waals surface area contributed by atoms with Gasteiger partial charge in [0.05, 0.1) is 12.3 Å². The van der Waals surface area contributed by atoms with Gasteiger partial charge in [-0.05, 0) is 13.0 Å². The maximum absolute atomic E-state index is 5.47. The van der Waals surface area contributed by atoms with Crippen molar-refractivity contribution in [3.8, 4) is 0 Å². The Morgan fingerprint density at radius 1 is 1.53 bits per heavy atom. The van der Waals surface area contributed by atoms with Crippen LogP contribution in [0.25, 0.3) is 0 Å². The molecule has 1 aromatic rings. The van der Waals surface area contributed by atoms with E-state index in [0.717, 1.165) is 31.8 Å². The highest BCUT2D eigenvalue weighted by molar-refractivity contribution is 6.17. The Kier molecular flexibility index (Phi) is 6.31. The SMILES string of the molecule is Cn1cc(CNCCCOCCCl)nn1. The Labute approximate surface area is 94.7 Å². The maximum atomic E-state index is 5.47. The summed E-state index contributed by atoms with van der Waals surface area (Å²) in [5.74, 6) is 0.563. The van der Waals surface area contributed by atoms with Crippen molar-refractivity contribution in [1.29, 1.82) is 0 Å². The minimum absolute atomic E-state index is 0.563. The summed E-state index contributed by atoms with van der Waals surface area (Å²) in [4.78, 5) is 0. The fourth-order valence-electron chi connectivity index (χ4n) is 1.15. The lowest BCUT2D eigenvalue weighted by Gasteiger charge is -2.02. The molecule has 0 saturated carbocycles. The van der Waals surface area contributed by atoms with Crippen LogP contribution >= 0.6 is 11.6 Å². The molecule has 1 heterocycles. The number of ether oxygens (including phenoxy) is 1. The van der Waals surface area contributed by atoms with E-state index in [4.69, 9.17) is 16.3 Å². The fraction of sp³-hybridized carbons (Fsp3) is 0.778. The smallest absolute Gasteiger partial charge is 0.0964 e. The Hall–Kier alpha value is -0.650. The molecule has 15 heavy (non-hydrogen) atoms. The van der Waals surface area contributed by atoms with E-state index < -0.39 is 0 Å². The molecular weight excluding hydrogens is 216 g/mol. The molecule has 1 N–H and O–H groups in total. The zero-order valence-electron chi connectivity index (χ0n) is 8.95. The van der Waals surface area contributed by atoms with Crippen molar-refractivity contribution in [3.05, 3.63) is 11.9 Å². The second-order valence-electron chi connectivity index (χ2n) is 3.22. The van der Waals surface area contributed by atoms with Crippen molar-refractivity contribution < 1.29 is 4.74 Å². The van der Waals surface area contributed by atoms with Gasteiger partial charge in [-0.25, -0.2) is 0 Å². The minimum atomic E-state index is 0.563. The average molecular weight is 233 g/mol. The molecule has 1 rings (SSSR count). The van der Waals surface area contributed by atoms with Crippen LogP contribution in [0.3, 0.4) is 0 Å². The van der Waals surface area contributed by atoms with E-state index in [1.54, 1.807) is 4.68 Å². The van der Waals surface area contributed by atoms with Gasteiger partial charge in [0, 0.05) is 32.3 Å². The van der Waals surface area contributed by atoms with Gasteiger partial charge in [0.15, 0.2) is 0 Å². The third-order valence-corrected chi connectivity index (χ3v) is 1.97. The summed E-state index contributed by atoms with van der Waals surface area (Å²) in [7, 11) is 1.86. The van der Waals surface area contributed by atoms with Gasteiger partial charge in [-0.15, -0.1) is 16.7 Å². The number of hydrogen-bond donors (Lipinski definition) is 1. The molecule has 0 saturated heterocycles. The second-order valence-corrected chi connectivity index (χ2v) is 3.59. The molecular formula is C9H17ClN4O. The van der Waals surface area contributed by atoms with Crippen LogP contribution in [-0.4, -0.2) is 40.6 Å². The van der Waals surface area contributed by atoms with Gasteiger partial charge in [0.1, 0.15) is 0 Å². The number of alkyl halides is 1. The van der Waals surface area contributed by atoms with Crippen molar-refractivity contribution in [1.82, 2.24) is 20.3 Å². The normalized spacial score (nSPS) is 10.8. The fourth-order valence-corrected chi connectivity index (χ4v) is 1.26. The first-order valence-electron chi connectivity index (χ1n) is 5.02. The van der Waals surface area contributed by atoms with E-state index in [1.807, 2.05) is 13.2 Å². The van der Waals surface area contributed by atoms with Crippen molar-refractivity contribution >= 4 is 11.6 Å². The first-order valence-corrected chi connectivity index (χ1v) is 5.56. The Balaban J connectivity index is 1.93. The standard InChI is InChI=1S/C9H17ClN4O/c1-14-8-9(12-13-14)7-11-4-2-5-15-6-3-10/h8,11H,2-7H2,1H3. The lowest BCUT2D eigenvalue weighted by atomic mass is 10.4. The lowest BCUT2D eigenvalue weighted by molar-refractivity contribution is 0.146. The van der Waals surface area contributed by atoms with E-state index in [-0.39, 0.29) is 0 Å². The first kappa shape index (κ1) is 12.4. The van der Waals surface area contributed by atoms with Gasteiger partial charge >= 0.3 is 0 Å². The molecule has 0 unspecified atom stereocenters. The molecule has 0 aliphatic rings. The van der Waals surface area contributed by atoms with Crippen LogP contribution in [0.15, 0.2) is 6.20 Å². The highest BCUT2D eigenvalue weighted by Gasteiger charge is 1.96. The number of aromatic nitrogens is 3. The van der Waals surface area contributed by atoms with E-state index in [2.05, 4.69) is 15.6 Å². The van der Waals surface area contributed by atoms with Crippen molar-refractivity contribution in [3.63, 3.8) is 0 Å². The highest BCUT2D eigenvalue weighted by atomic mass is 35.5. The maximum Gasteiger partial charge on any atom is 0.0964 e. The van der Waals surface area contributed by atoms with E-state index >= 15 is 0 Å². The van der Waals surface area contributed by atoms with E-state index in [0.29, 0.717) is 12.5 Å². The van der Waals surface area contributed by atoms with Gasteiger partial charge in [-0.3, -0.25) is 4.68 Å². The summed E-state index contributed by atoms with van der Waals surface area (Å²) in [5.41, 5.74) is 0.958. The molecule has 0 bridgehead atoms. The molecule has 0 fully saturated rings. The van der Waals surface area contributed by atoms with Crippen LogP contribution < -0.4 is 5.32 Å². The molecule has 1 aromatic heterocycles. The monoisotopic (exact) mass is 232 g/mol. The number of rotatable bonds is 8. The summed E-state index contributed by atoms with van der Waals surface area (Å²) >= 11 is 5.47. The Bertz CT molecular complexity index is 266. The summed E-state index contributed by atoms with van der Waals surface area (Å²) in [6.45, 7) is 3.05. The van der Waals surface area contributed by atoms with Gasteiger partial charge in [-0.2, -0.15) is 0 Å². The summed E-state index contributed by atoms with van der Waals surface area (Å²) in [6, 6.07) is 0. The molecule has 0 atom stereocenters. The van der Waals surface area contributed by atoms with Crippen LogP contribution in [0.2, 0.25) is 0 Å². The molecule has 0 aliphatic heterocycles. The zero-order chi connectivity index (χ0) is 10.9. The first-order chi connectivity index (χ1) is 7.33. The topological polar surface area (TPSA) is 52.0 Å². The van der Waals surface area contributed by atoms with Crippen molar-refractivity contribution in [2.75, 3.05) is 25.6 Å². The van der Waals surface area contributed by atoms with Crippen LogP contribution in [-0.2, 0) is 18.3 Å². The van der Waals surface area contributed by atoms with Crippen LogP contribution in [0.4, 0.5) is 0 Å². The molecule has 0 aromatic carbocycles. The van der Waals surface area contributed by atoms with Crippen LogP contribution in [0.5, 0.6) is 0 Å². The number of halogens is 1. The molecule has 0 aliphatic carbocycles. The molecule has 6 heteroatoms. The quantitative estimate of drug-likeness (QED) is 0.526. The number of nitrogens with zero attached hydrogens (tertiary/aromatic N) is 3. The van der Waals surface area contributed by atoms with Gasteiger partial charge in [0.25, 0.3) is 0 Å². The predicted molar refractivity (Wildman–Crippen MR) is 58.9 cm³/mol. The Morgan fingerprint density at radius 2 is 2.40 bits per heavy atom. The lowest BCUT2D eigenvalue weighted by Crippen LogP contribution is -2.16. The third kappa shape index (κ3) is 5.71. The number of aryl methyl sites for hydroxylation is 1. The largest absolute Gasteiger partial charge is 0.380 e. The van der Waals surface area contributed by atoms with Gasteiger partial charge in [0.2, 0.25) is 0 Å². The second kappa shape index (κ2) is 7.62. The number of hydrogen-bond acceptors (Lipinski definition) is 4.